The second kappa shape index (κ2) is 10.6. The van der Waals surface area contributed by atoms with Gasteiger partial charge in [0.1, 0.15) is 11.6 Å². The fourth-order valence-electron chi connectivity index (χ4n) is 3.63. The fourth-order valence-corrected chi connectivity index (χ4v) is 4.37. The Morgan fingerprint density at radius 3 is 2.77 bits per heavy atom. The number of carbonyl (C=O) groups is 2. The highest BCUT2D eigenvalue weighted by Gasteiger charge is 2.23. The zero-order valence-electron chi connectivity index (χ0n) is 17.4. The molecule has 1 saturated carbocycles. The third-order valence-corrected chi connectivity index (χ3v) is 6.49. The highest BCUT2D eigenvalue weighted by molar-refractivity contribution is 7.99. The Bertz CT molecular complexity index is 888. The monoisotopic (exact) mass is 433 g/mol. The Hall–Kier alpha value is -2.42. The molecule has 1 aromatic carbocycles. The Labute approximate surface area is 180 Å². The molecule has 9 heteroatoms. The van der Waals surface area contributed by atoms with E-state index in [1.165, 1.54) is 36.7 Å². The van der Waals surface area contributed by atoms with Crippen LogP contribution in [0, 0.1) is 11.7 Å². The standard InChI is InChI=1S/C21H28FN5O2S/c1-14-7-3-6-10-17(14)24-19(28)13-30-21-26-25-18(27(21)2)11-12-23-20(29)15-8-4-5-9-16(15)22/h4-5,8-9,14,17H,3,6-7,10-13H2,1-2H3,(H,23,29)(H,24,28)/t14-,17+/m1/s1. The Morgan fingerprint density at radius 1 is 1.23 bits per heavy atom. The molecule has 2 atom stereocenters. The summed E-state index contributed by atoms with van der Waals surface area (Å²) in [6.45, 7) is 2.50. The van der Waals surface area contributed by atoms with Crippen LogP contribution in [-0.4, -0.2) is 44.9 Å². The van der Waals surface area contributed by atoms with Crippen molar-refractivity contribution in [2.45, 2.75) is 50.2 Å². The van der Waals surface area contributed by atoms with E-state index >= 15 is 0 Å². The summed E-state index contributed by atoms with van der Waals surface area (Å²) < 4.78 is 15.5. The molecule has 0 aliphatic heterocycles. The number of hydrogen-bond donors (Lipinski definition) is 2. The van der Waals surface area contributed by atoms with Crippen molar-refractivity contribution in [3.8, 4) is 0 Å². The molecular weight excluding hydrogens is 405 g/mol. The molecule has 2 aromatic rings. The molecule has 3 rings (SSSR count). The lowest BCUT2D eigenvalue weighted by Gasteiger charge is -2.29. The number of rotatable bonds is 8. The molecule has 1 aliphatic rings. The van der Waals surface area contributed by atoms with E-state index in [2.05, 4.69) is 27.8 Å². The summed E-state index contributed by atoms with van der Waals surface area (Å²) in [5.74, 6) is 0.507. The Balaban J connectivity index is 1.44. The van der Waals surface area contributed by atoms with E-state index < -0.39 is 11.7 Å². The molecule has 0 spiro atoms. The summed E-state index contributed by atoms with van der Waals surface area (Å²) >= 11 is 1.34. The van der Waals surface area contributed by atoms with Gasteiger partial charge in [0, 0.05) is 26.1 Å². The second-order valence-electron chi connectivity index (χ2n) is 7.67. The minimum absolute atomic E-state index is 0.0143. The maximum atomic E-state index is 13.7. The number of thioether (sulfide) groups is 1. The largest absolute Gasteiger partial charge is 0.352 e. The van der Waals surface area contributed by atoms with Gasteiger partial charge in [-0.1, -0.05) is 43.7 Å². The highest BCUT2D eigenvalue weighted by atomic mass is 32.2. The SMILES string of the molecule is C[C@@H]1CCCC[C@@H]1NC(=O)CSc1nnc(CCNC(=O)c2ccccc2F)n1C. The van der Waals surface area contributed by atoms with Gasteiger partial charge in [-0.25, -0.2) is 4.39 Å². The maximum absolute atomic E-state index is 13.7. The van der Waals surface area contributed by atoms with E-state index in [1.807, 2.05) is 11.6 Å². The fraction of sp³-hybridized carbons (Fsp3) is 0.524. The lowest BCUT2D eigenvalue weighted by Crippen LogP contribution is -2.41. The van der Waals surface area contributed by atoms with E-state index in [0.717, 1.165) is 12.8 Å². The van der Waals surface area contributed by atoms with E-state index in [9.17, 15) is 14.0 Å². The van der Waals surface area contributed by atoms with Gasteiger partial charge in [-0.15, -0.1) is 10.2 Å². The lowest BCUT2D eigenvalue weighted by molar-refractivity contribution is -0.119. The number of halogens is 1. The van der Waals surface area contributed by atoms with Crippen LogP contribution in [-0.2, 0) is 18.3 Å². The number of carbonyl (C=O) groups excluding carboxylic acids is 2. The minimum atomic E-state index is -0.548. The number of amides is 2. The van der Waals surface area contributed by atoms with Gasteiger partial charge in [-0.3, -0.25) is 9.59 Å². The van der Waals surface area contributed by atoms with Crippen molar-refractivity contribution in [3.05, 3.63) is 41.5 Å². The van der Waals surface area contributed by atoms with Gasteiger partial charge in [0.25, 0.3) is 5.91 Å². The van der Waals surface area contributed by atoms with Gasteiger partial charge in [0.05, 0.1) is 11.3 Å². The van der Waals surface area contributed by atoms with Gasteiger partial charge < -0.3 is 15.2 Å². The molecule has 0 radical (unpaired) electrons. The van der Waals surface area contributed by atoms with Crippen molar-refractivity contribution in [2.75, 3.05) is 12.3 Å². The molecule has 30 heavy (non-hydrogen) atoms. The average molecular weight is 434 g/mol. The third kappa shape index (κ3) is 5.81. The second-order valence-corrected chi connectivity index (χ2v) is 8.61. The molecule has 2 amide bonds. The van der Waals surface area contributed by atoms with Crippen molar-refractivity contribution in [1.82, 2.24) is 25.4 Å². The molecule has 1 aromatic heterocycles. The van der Waals surface area contributed by atoms with Crippen molar-refractivity contribution >= 4 is 23.6 Å². The maximum Gasteiger partial charge on any atom is 0.254 e. The van der Waals surface area contributed by atoms with Crippen LogP contribution < -0.4 is 10.6 Å². The van der Waals surface area contributed by atoms with Crippen LogP contribution in [0.5, 0.6) is 0 Å². The van der Waals surface area contributed by atoms with Crippen LogP contribution in [0.4, 0.5) is 4.39 Å². The first-order valence-corrected chi connectivity index (χ1v) is 11.3. The van der Waals surface area contributed by atoms with Gasteiger partial charge in [-0.05, 0) is 30.9 Å². The number of aromatic nitrogens is 3. The Kier molecular flexibility index (Phi) is 7.84. The summed E-state index contributed by atoms with van der Waals surface area (Å²) in [6, 6.07) is 6.13. The normalized spacial score (nSPS) is 18.8. The van der Waals surface area contributed by atoms with Crippen molar-refractivity contribution in [3.63, 3.8) is 0 Å². The van der Waals surface area contributed by atoms with Crippen LogP contribution in [0.2, 0.25) is 0 Å². The average Bonchev–Trinajstić information content (AvgIpc) is 3.08. The number of hydrogen-bond acceptors (Lipinski definition) is 5. The van der Waals surface area contributed by atoms with Crippen molar-refractivity contribution < 1.29 is 14.0 Å². The number of benzene rings is 1. The van der Waals surface area contributed by atoms with Crippen LogP contribution in [0.15, 0.2) is 29.4 Å². The van der Waals surface area contributed by atoms with Gasteiger partial charge in [0.2, 0.25) is 5.91 Å². The zero-order chi connectivity index (χ0) is 21.5. The number of nitrogens with zero attached hydrogens (tertiary/aromatic N) is 3. The van der Waals surface area contributed by atoms with Crippen LogP contribution >= 0.6 is 11.8 Å². The van der Waals surface area contributed by atoms with Gasteiger partial charge in [0.15, 0.2) is 5.16 Å². The summed E-state index contributed by atoms with van der Waals surface area (Å²) in [5, 5.41) is 14.8. The van der Waals surface area contributed by atoms with E-state index in [1.54, 1.807) is 12.1 Å². The van der Waals surface area contributed by atoms with E-state index in [4.69, 9.17) is 0 Å². The predicted octanol–water partition coefficient (Wildman–Crippen LogP) is 2.71. The molecule has 2 N–H and O–H groups in total. The summed E-state index contributed by atoms with van der Waals surface area (Å²) in [5.41, 5.74) is 0.0185. The van der Waals surface area contributed by atoms with Crippen molar-refractivity contribution in [1.29, 1.82) is 0 Å². The molecule has 1 aliphatic carbocycles. The first kappa shape index (κ1) is 22.3. The smallest absolute Gasteiger partial charge is 0.254 e. The predicted molar refractivity (Wildman–Crippen MR) is 114 cm³/mol. The van der Waals surface area contributed by atoms with E-state index in [-0.39, 0.29) is 17.5 Å². The summed E-state index contributed by atoms with van der Waals surface area (Å²) in [7, 11) is 1.83. The topological polar surface area (TPSA) is 88.9 Å². The third-order valence-electron chi connectivity index (χ3n) is 5.47. The lowest BCUT2D eigenvalue weighted by atomic mass is 9.86. The van der Waals surface area contributed by atoms with Crippen molar-refractivity contribution in [2.24, 2.45) is 13.0 Å². The van der Waals surface area contributed by atoms with E-state index in [0.29, 0.717) is 35.6 Å². The quantitative estimate of drug-likeness (QED) is 0.625. The molecule has 0 saturated heterocycles. The molecular formula is C21H28FN5O2S. The summed E-state index contributed by atoms with van der Waals surface area (Å²) in [6.07, 6.45) is 5.08. The van der Waals surface area contributed by atoms with Crippen LogP contribution in [0.1, 0.15) is 48.8 Å². The number of nitrogens with one attached hydrogen (secondary N) is 2. The first-order chi connectivity index (χ1) is 14.5. The summed E-state index contributed by atoms with van der Waals surface area (Å²) in [4.78, 5) is 24.4. The Morgan fingerprint density at radius 2 is 2.00 bits per heavy atom. The first-order valence-electron chi connectivity index (χ1n) is 10.3. The zero-order valence-corrected chi connectivity index (χ0v) is 18.2. The molecule has 1 heterocycles. The molecule has 162 valence electrons. The van der Waals surface area contributed by atoms with Gasteiger partial charge in [-0.2, -0.15) is 0 Å². The van der Waals surface area contributed by atoms with Crippen LogP contribution in [0.25, 0.3) is 0 Å². The minimum Gasteiger partial charge on any atom is -0.352 e. The molecule has 7 nitrogen and oxygen atoms in total. The van der Waals surface area contributed by atoms with Crippen LogP contribution in [0.3, 0.4) is 0 Å². The molecule has 0 bridgehead atoms. The van der Waals surface area contributed by atoms with Gasteiger partial charge >= 0.3 is 0 Å². The molecule has 0 unspecified atom stereocenters. The molecule has 1 fully saturated rings. The highest BCUT2D eigenvalue weighted by Crippen LogP contribution is 2.24.